The van der Waals surface area contributed by atoms with E-state index in [0.29, 0.717) is 16.7 Å². The predicted octanol–water partition coefficient (Wildman–Crippen LogP) is 1.48. The van der Waals surface area contributed by atoms with E-state index in [1.807, 2.05) is 23.7 Å². The van der Waals surface area contributed by atoms with Gasteiger partial charge < -0.3 is 19.1 Å². The van der Waals surface area contributed by atoms with Gasteiger partial charge in [0.05, 0.1) is 16.8 Å². The maximum Gasteiger partial charge on any atom is 0.313 e. The summed E-state index contributed by atoms with van der Waals surface area (Å²) in [6, 6.07) is 3.66. The summed E-state index contributed by atoms with van der Waals surface area (Å²) in [5, 5.41) is 9.34. The third-order valence-corrected chi connectivity index (χ3v) is 3.67. The Bertz CT molecular complexity index is 637. The van der Waals surface area contributed by atoms with Gasteiger partial charge in [-0.15, -0.1) is 0 Å². The fourth-order valence-electron chi connectivity index (χ4n) is 1.82. The van der Waals surface area contributed by atoms with Gasteiger partial charge in [-0.25, -0.2) is 4.98 Å². The number of aryl methyl sites for hydroxylation is 1. The van der Waals surface area contributed by atoms with Gasteiger partial charge in [0.1, 0.15) is 0 Å². The molecule has 18 heavy (non-hydrogen) atoms. The number of imidazole rings is 1. The van der Waals surface area contributed by atoms with Crippen LogP contribution in [-0.2, 0) is 11.8 Å². The second-order valence-electron chi connectivity index (χ2n) is 3.83. The first-order valence-electron chi connectivity index (χ1n) is 5.26. The van der Waals surface area contributed by atoms with Gasteiger partial charge in [0.2, 0.25) is 6.79 Å². The number of carboxylic acid groups (broad SMARTS) is 1. The van der Waals surface area contributed by atoms with Crippen LogP contribution in [0, 0.1) is 0 Å². The van der Waals surface area contributed by atoms with Crippen LogP contribution in [0.2, 0.25) is 0 Å². The Morgan fingerprint density at radius 2 is 2.22 bits per heavy atom. The molecular formula is C11H10N2O4S. The molecule has 1 aromatic heterocycles. The van der Waals surface area contributed by atoms with E-state index in [1.165, 1.54) is 11.8 Å². The van der Waals surface area contributed by atoms with Crippen LogP contribution in [0.5, 0.6) is 11.5 Å². The Balaban J connectivity index is 2.03. The van der Waals surface area contributed by atoms with Crippen LogP contribution in [-0.4, -0.2) is 33.2 Å². The van der Waals surface area contributed by atoms with Gasteiger partial charge in [-0.05, 0) is 0 Å². The van der Waals surface area contributed by atoms with Crippen molar-refractivity contribution in [1.82, 2.24) is 9.55 Å². The van der Waals surface area contributed by atoms with E-state index in [-0.39, 0.29) is 12.5 Å². The summed E-state index contributed by atoms with van der Waals surface area (Å²) in [5.74, 6) is 0.501. The zero-order valence-electron chi connectivity index (χ0n) is 9.54. The van der Waals surface area contributed by atoms with Crippen LogP contribution in [0.25, 0.3) is 11.0 Å². The number of hydrogen-bond acceptors (Lipinski definition) is 5. The summed E-state index contributed by atoms with van der Waals surface area (Å²) >= 11 is 1.19. The Morgan fingerprint density at radius 1 is 1.50 bits per heavy atom. The topological polar surface area (TPSA) is 73.6 Å². The molecule has 0 saturated carbocycles. The molecule has 0 radical (unpaired) electrons. The van der Waals surface area contributed by atoms with Crippen molar-refractivity contribution in [2.75, 3.05) is 12.5 Å². The number of hydrogen-bond donors (Lipinski definition) is 1. The van der Waals surface area contributed by atoms with Crippen LogP contribution >= 0.6 is 11.8 Å². The molecular weight excluding hydrogens is 256 g/mol. The molecule has 0 spiro atoms. The van der Waals surface area contributed by atoms with E-state index in [4.69, 9.17) is 14.6 Å². The lowest BCUT2D eigenvalue weighted by Crippen LogP contribution is -2.00. The second kappa shape index (κ2) is 4.09. The molecule has 0 fully saturated rings. The summed E-state index contributed by atoms with van der Waals surface area (Å²) in [7, 11) is 1.85. The minimum absolute atomic E-state index is 0.0100. The van der Waals surface area contributed by atoms with Crippen LogP contribution in [0.1, 0.15) is 0 Å². The molecule has 6 nitrogen and oxygen atoms in total. The number of thioether (sulfide) groups is 1. The average molecular weight is 266 g/mol. The molecule has 0 bridgehead atoms. The fourth-order valence-corrected chi connectivity index (χ4v) is 2.52. The minimum Gasteiger partial charge on any atom is -0.481 e. The van der Waals surface area contributed by atoms with Crippen LogP contribution in [0.3, 0.4) is 0 Å². The number of aromatic nitrogens is 2. The van der Waals surface area contributed by atoms with Crippen molar-refractivity contribution in [1.29, 1.82) is 0 Å². The van der Waals surface area contributed by atoms with Crippen molar-refractivity contribution < 1.29 is 19.4 Å². The van der Waals surface area contributed by atoms with Gasteiger partial charge >= 0.3 is 5.97 Å². The number of ether oxygens (including phenoxy) is 2. The Morgan fingerprint density at radius 3 is 2.94 bits per heavy atom. The molecule has 1 aliphatic heterocycles. The van der Waals surface area contributed by atoms with Gasteiger partial charge in [0.15, 0.2) is 16.7 Å². The smallest absolute Gasteiger partial charge is 0.313 e. The number of fused-ring (bicyclic) bond motifs is 2. The number of nitrogens with zero attached hydrogens (tertiary/aromatic N) is 2. The summed E-state index contributed by atoms with van der Waals surface area (Å²) in [5.41, 5.74) is 1.67. The molecule has 0 atom stereocenters. The van der Waals surface area contributed by atoms with E-state index < -0.39 is 5.97 Å². The highest BCUT2D eigenvalue weighted by Gasteiger charge is 2.18. The second-order valence-corrected chi connectivity index (χ2v) is 4.77. The first-order valence-corrected chi connectivity index (χ1v) is 6.24. The van der Waals surface area contributed by atoms with E-state index in [9.17, 15) is 4.79 Å². The van der Waals surface area contributed by atoms with E-state index >= 15 is 0 Å². The van der Waals surface area contributed by atoms with Crippen molar-refractivity contribution in [3.05, 3.63) is 12.1 Å². The maximum absolute atomic E-state index is 10.6. The third kappa shape index (κ3) is 1.76. The van der Waals surface area contributed by atoms with Crippen molar-refractivity contribution in [3.63, 3.8) is 0 Å². The highest BCUT2D eigenvalue weighted by Crippen LogP contribution is 2.36. The Labute approximate surface area is 107 Å². The third-order valence-electron chi connectivity index (χ3n) is 2.66. The molecule has 0 saturated heterocycles. The summed E-state index contributed by atoms with van der Waals surface area (Å²) in [6.45, 7) is 0.228. The lowest BCUT2D eigenvalue weighted by atomic mass is 10.3. The largest absolute Gasteiger partial charge is 0.481 e. The van der Waals surface area contributed by atoms with Crippen LogP contribution < -0.4 is 9.47 Å². The van der Waals surface area contributed by atoms with Gasteiger partial charge in [0.25, 0.3) is 0 Å². The first-order chi connectivity index (χ1) is 8.65. The number of carboxylic acids is 1. The van der Waals surface area contributed by atoms with Crippen LogP contribution in [0.4, 0.5) is 0 Å². The monoisotopic (exact) mass is 266 g/mol. The molecule has 1 aromatic carbocycles. The number of carbonyl (C=O) groups is 1. The highest BCUT2D eigenvalue weighted by molar-refractivity contribution is 7.99. The molecule has 94 valence electrons. The van der Waals surface area contributed by atoms with Gasteiger partial charge in [-0.2, -0.15) is 0 Å². The molecule has 1 aliphatic rings. The normalized spacial score (nSPS) is 13.2. The quantitative estimate of drug-likeness (QED) is 0.848. The number of aliphatic carboxylic acids is 1. The van der Waals surface area contributed by atoms with Crippen LogP contribution in [0.15, 0.2) is 17.3 Å². The molecule has 2 aromatic rings. The predicted molar refractivity (Wildman–Crippen MR) is 65.2 cm³/mol. The fraction of sp³-hybridized carbons (Fsp3) is 0.273. The van der Waals surface area contributed by atoms with E-state index in [1.54, 1.807) is 0 Å². The van der Waals surface area contributed by atoms with Crippen molar-refractivity contribution in [3.8, 4) is 11.5 Å². The summed E-state index contributed by atoms with van der Waals surface area (Å²) in [6.07, 6.45) is 0. The van der Waals surface area contributed by atoms with Crippen molar-refractivity contribution in [2.45, 2.75) is 5.16 Å². The first kappa shape index (κ1) is 11.2. The lowest BCUT2D eigenvalue weighted by Gasteiger charge is -2.00. The number of rotatable bonds is 3. The maximum atomic E-state index is 10.6. The molecule has 1 N–H and O–H groups in total. The molecule has 0 unspecified atom stereocenters. The Kier molecular flexibility index (Phi) is 2.55. The Hall–Kier alpha value is -1.89. The van der Waals surface area contributed by atoms with E-state index in [2.05, 4.69) is 4.98 Å². The zero-order valence-corrected chi connectivity index (χ0v) is 10.4. The highest BCUT2D eigenvalue weighted by atomic mass is 32.2. The van der Waals surface area contributed by atoms with Gasteiger partial charge in [-0.3, -0.25) is 4.79 Å². The molecule has 2 heterocycles. The summed E-state index contributed by atoms with van der Waals surface area (Å²) in [4.78, 5) is 15.0. The summed E-state index contributed by atoms with van der Waals surface area (Å²) < 4.78 is 12.4. The van der Waals surface area contributed by atoms with E-state index in [0.717, 1.165) is 11.0 Å². The molecule has 0 aliphatic carbocycles. The lowest BCUT2D eigenvalue weighted by molar-refractivity contribution is -0.133. The van der Waals surface area contributed by atoms with Gasteiger partial charge in [-0.1, -0.05) is 11.8 Å². The SMILES string of the molecule is Cn1c(SCC(=O)O)nc2cc3c(cc21)OCO3. The average Bonchev–Trinajstić information content (AvgIpc) is 2.89. The van der Waals surface area contributed by atoms with Crippen molar-refractivity contribution in [2.24, 2.45) is 7.05 Å². The standard InChI is InChI=1S/C11H10N2O4S/c1-13-7-3-9-8(16-5-17-9)2-6(7)12-11(13)18-4-10(14)15/h2-3H,4-5H2,1H3,(H,14,15). The minimum atomic E-state index is -0.860. The zero-order chi connectivity index (χ0) is 12.7. The molecule has 3 rings (SSSR count). The molecule has 0 amide bonds. The van der Waals surface area contributed by atoms with Crippen molar-refractivity contribution >= 4 is 28.8 Å². The molecule has 7 heteroatoms. The number of benzene rings is 1. The van der Waals surface area contributed by atoms with Gasteiger partial charge in [0, 0.05) is 19.2 Å².